The maximum Gasteiger partial charge on any atom is 0.138 e. The maximum absolute atomic E-state index is 6.24. The highest BCUT2D eigenvalue weighted by atomic mass is 35.5. The summed E-state index contributed by atoms with van der Waals surface area (Å²) < 4.78 is 0. The lowest BCUT2D eigenvalue weighted by Crippen LogP contribution is -2.25. The molecule has 2 aromatic rings. The van der Waals surface area contributed by atoms with Gasteiger partial charge in [0, 0.05) is 31.0 Å². The molecule has 106 valence electrons. The van der Waals surface area contributed by atoms with Gasteiger partial charge in [0.15, 0.2) is 0 Å². The largest absolute Gasteiger partial charge is 0.352 e. The molecule has 0 fully saturated rings. The molecule has 2 rings (SSSR count). The lowest BCUT2D eigenvalue weighted by atomic mass is 10.1. The molecule has 0 amide bonds. The van der Waals surface area contributed by atoms with E-state index in [1.54, 1.807) is 12.4 Å². The fraction of sp³-hybridized carbons (Fsp3) is 0.400. The van der Waals surface area contributed by atoms with E-state index < -0.39 is 0 Å². The van der Waals surface area contributed by atoms with Crippen molar-refractivity contribution in [2.75, 3.05) is 11.4 Å². The third-order valence-corrected chi connectivity index (χ3v) is 3.50. The number of aromatic nitrogens is 3. The van der Waals surface area contributed by atoms with E-state index in [9.17, 15) is 0 Å². The van der Waals surface area contributed by atoms with Gasteiger partial charge in [-0.3, -0.25) is 4.98 Å². The monoisotopic (exact) mass is 290 g/mol. The van der Waals surface area contributed by atoms with Crippen molar-refractivity contribution in [1.82, 2.24) is 15.0 Å². The Bertz CT molecular complexity index is 557. The first-order valence-electron chi connectivity index (χ1n) is 6.77. The fourth-order valence-corrected chi connectivity index (χ4v) is 2.51. The number of hydrogen-bond acceptors (Lipinski definition) is 4. The molecule has 2 aromatic heterocycles. The van der Waals surface area contributed by atoms with Crippen molar-refractivity contribution in [1.29, 1.82) is 0 Å². The van der Waals surface area contributed by atoms with Gasteiger partial charge in [0.2, 0.25) is 0 Å². The second-order valence-electron chi connectivity index (χ2n) is 4.93. The minimum atomic E-state index is 0.283. The first-order chi connectivity index (χ1) is 9.63. The van der Waals surface area contributed by atoms with Crippen LogP contribution in [0, 0.1) is 0 Å². The number of nitrogens with zero attached hydrogens (tertiary/aromatic N) is 4. The van der Waals surface area contributed by atoms with Crippen LogP contribution in [0.25, 0.3) is 0 Å². The van der Waals surface area contributed by atoms with Gasteiger partial charge in [-0.05, 0) is 30.5 Å². The molecule has 4 nitrogen and oxygen atoms in total. The molecule has 20 heavy (non-hydrogen) atoms. The Labute approximate surface area is 124 Å². The molecule has 0 aliphatic rings. The van der Waals surface area contributed by atoms with Crippen molar-refractivity contribution in [2.24, 2.45) is 0 Å². The Hall–Kier alpha value is -1.68. The summed E-state index contributed by atoms with van der Waals surface area (Å²) in [5, 5.41) is 0.540. The first-order valence-corrected chi connectivity index (χ1v) is 7.15. The third-order valence-electron chi connectivity index (χ3n) is 3.20. The molecular formula is C15H19ClN4. The lowest BCUT2D eigenvalue weighted by molar-refractivity contribution is 0.769. The van der Waals surface area contributed by atoms with E-state index in [0.29, 0.717) is 5.15 Å². The number of rotatable bonds is 5. The summed E-state index contributed by atoms with van der Waals surface area (Å²) in [6, 6.07) is 4.03. The van der Waals surface area contributed by atoms with Crippen LogP contribution in [-0.4, -0.2) is 21.5 Å². The van der Waals surface area contributed by atoms with Gasteiger partial charge in [-0.15, -0.1) is 0 Å². The summed E-state index contributed by atoms with van der Waals surface area (Å²) >= 11 is 6.24. The molecule has 0 aromatic carbocycles. The van der Waals surface area contributed by atoms with E-state index in [-0.39, 0.29) is 5.92 Å². The van der Waals surface area contributed by atoms with Gasteiger partial charge in [0.05, 0.1) is 0 Å². The van der Waals surface area contributed by atoms with Gasteiger partial charge in [0.1, 0.15) is 17.3 Å². The van der Waals surface area contributed by atoms with Crippen LogP contribution in [0.3, 0.4) is 0 Å². The highest BCUT2D eigenvalue weighted by Gasteiger charge is 2.18. The molecule has 0 N–H and O–H groups in total. The summed E-state index contributed by atoms with van der Waals surface area (Å²) in [7, 11) is 0. The van der Waals surface area contributed by atoms with Crippen molar-refractivity contribution in [2.45, 2.75) is 33.2 Å². The molecule has 0 spiro atoms. The summed E-state index contributed by atoms with van der Waals surface area (Å²) in [4.78, 5) is 14.8. The Kier molecular flexibility index (Phi) is 4.90. The quantitative estimate of drug-likeness (QED) is 0.788. The third kappa shape index (κ3) is 3.25. The van der Waals surface area contributed by atoms with E-state index in [1.165, 1.54) is 11.9 Å². The fourth-order valence-electron chi connectivity index (χ4n) is 2.16. The normalized spacial score (nSPS) is 10.8. The molecule has 0 atom stereocenters. The highest BCUT2D eigenvalue weighted by molar-refractivity contribution is 6.30. The molecule has 2 heterocycles. The zero-order valence-electron chi connectivity index (χ0n) is 12.0. The molecule has 0 saturated heterocycles. The number of hydrogen-bond donors (Lipinski definition) is 0. The zero-order valence-corrected chi connectivity index (χ0v) is 12.8. The standard InChI is InChI=1S/C15H19ClN4/c1-4-20(9-12-5-7-17-8-6-12)15-13(11(2)3)14(16)18-10-19-15/h5-8,10-11H,4,9H2,1-3H3. The van der Waals surface area contributed by atoms with Crippen LogP contribution in [-0.2, 0) is 6.54 Å². The molecule has 0 bridgehead atoms. The second kappa shape index (κ2) is 6.66. The van der Waals surface area contributed by atoms with Crippen LogP contribution in [0.5, 0.6) is 0 Å². The van der Waals surface area contributed by atoms with E-state index in [1.807, 2.05) is 12.1 Å². The van der Waals surface area contributed by atoms with Crippen molar-refractivity contribution >= 4 is 17.4 Å². The predicted octanol–water partition coefficient (Wildman–Crippen LogP) is 3.67. The van der Waals surface area contributed by atoms with E-state index in [2.05, 4.69) is 40.6 Å². The van der Waals surface area contributed by atoms with E-state index in [4.69, 9.17) is 11.6 Å². The Morgan fingerprint density at radius 3 is 2.50 bits per heavy atom. The van der Waals surface area contributed by atoms with Gasteiger partial charge >= 0.3 is 0 Å². The average Bonchev–Trinajstić information content (AvgIpc) is 2.45. The molecule has 0 aliphatic carbocycles. The summed E-state index contributed by atoms with van der Waals surface area (Å²) in [5.74, 6) is 1.20. The summed E-state index contributed by atoms with van der Waals surface area (Å²) in [5.41, 5.74) is 2.20. The Balaban J connectivity index is 2.35. The Morgan fingerprint density at radius 2 is 1.90 bits per heavy atom. The zero-order chi connectivity index (χ0) is 14.5. The van der Waals surface area contributed by atoms with Crippen LogP contribution < -0.4 is 4.90 Å². The molecular weight excluding hydrogens is 272 g/mol. The topological polar surface area (TPSA) is 41.9 Å². The van der Waals surface area contributed by atoms with Crippen molar-refractivity contribution in [3.63, 3.8) is 0 Å². The van der Waals surface area contributed by atoms with E-state index >= 15 is 0 Å². The predicted molar refractivity (Wildman–Crippen MR) is 82.1 cm³/mol. The highest BCUT2D eigenvalue weighted by Crippen LogP contribution is 2.31. The molecule has 0 aliphatic heterocycles. The summed E-state index contributed by atoms with van der Waals surface area (Å²) in [6.07, 6.45) is 5.14. The van der Waals surface area contributed by atoms with Crippen LogP contribution in [0.15, 0.2) is 30.9 Å². The van der Waals surface area contributed by atoms with Gasteiger partial charge in [-0.2, -0.15) is 0 Å². The SMILES string of the molecule is CCN(Cc1ccncc1)c1ncnc(Cl)c1C(C)C. The Morgan fingerprint density at radius 1 is 1.20 bits per heavy atom. The number of halogens is 1. The van der Waals surface area contributed by atoms with Crippen LogP contribution in [0.4, 0.5) is 5.82 Å². The molecule has 0 radical (unpaired) electrons. The van der Waals surface area contributed by atoms with Crippen LogP contribution in [0.2, 0.25) is 5.15 Å². The minimum Gasteiger partial charge on any atom is -0.352 e. The minimum absolute atomic E-state index is 0.283. The van der Waals surface area contributed by atoms with Crippen LogP contribution >= 0.6 is 11.6 Å². The lowest BCUT2D eigenvalue weighted by Gasteiger charge is -2.25. The molecule has 5 heteroatoms. The molecule has 0 saturated carbocycles. The van der Waals surface area contributed by atoms with Crippen molar-refractivity contribution < 1.29 is 0 Å². The maximum atomic E-state index is 6.24. The van der Waals surface area contributed by atoms with Gasteiger partial charge in [0.25, 0.3) is 0 Å². The van der Waals surface area contributed by atoms with Crippen molar-refractivity contribution in [3.8, 4) is 0 Å². The van der Waals surface area contributed by atoms with Gasteiger partial charge in [-0.25, -0.2) is 9.97 Å². The van der Waals surface area contributed by atoms with Crippen molar-refractivity contribution in [3.05, 3.63) is 47.1 Å². The first kappa shape index (κ1) is 14.7. The number of pyridine rings is 1. The van der Waals surface area contributed by atoms with Gasteiger partial charge < -0.3 is 4.90 Å². The summed E-state index contributed by atoms with van der Waals surface area (Å²) in [6.45, 7) is 7.96. The smallest absolute Gasteiger partial charge is 0.138 e. The average molecular weight is 291 g/mol. The van der Waals surface area contributed by atoms with Crippen LogP contribution in [0.1, 0.15) is 37.8 Å². The second-order valence-corrected chi connectivity index (χ2v) is 5.28. The van der Waals surface area contributed by atoms with Gasteiger partial charge in [-0.1, -0.05) is 25.4 Å². The number of anilines is 1. The molecule has 0 unspecified atom stereocenters. The van der Waals surface area contributed by atoms with E-state index in [0.717, 1.165) is 24.5 Å².